The van der Waals surface area contributed by atoms with Gasteiger partial charge in [-0.1, -0.05) is 95.3 Å². The monoisotopic (exact) mass is 791 g/mol. The smallest absolute Gasteiger partial charge is 0.499 e. The number of hydrogen-bond donors (Lipinski definition) is 0. The maximum Gasteiger partial charge on any atom is 2.00 e. The fraction of sp³-hybridized carbons (Fsp3) is 0.0256. The minimum Gasteiger partial charge on any atom is -0.499 e. The number of rotatable bonds is 6. The zero-order chi connectivity index (χ0) is 30.6. The number of anilines is 3. The Bertz CT molecular complexity index is 2500. The summed E-state index contributed by atoms with van der Waals surface area (Å²) < 4.78 is 21.3. The number of benzene rings is 5. The van der Waals surface area contributed by atoms with Crippen molar-refractivity contribution in [1.29, 1.82) is 0 Å². The van der Waals surface area contributed by atoms with Crippen molar-refractivity contribution in [2.45, 2.75) is 0 Å². The molecule has 0 aliphatic rings. The molecule has 9 aromatic rings. The van der Waals surface area contributed by atoms with Gasteiger partial charge in [0.25, 0.3) is 0 Å². The molecule has 0 fully saturated rings. The quantitative estimate of drug-likeness (QED) is 0.156. The molecular weight excluding hydrogens is 768 g/mol. The van der Waals surface area contributed by atoms with Crippen LogP contribution in [-0.2, 0) is 28.1 Å². The fourth-order valence-corrected chi connectivity index (χ4v) is 6.02. The molecule has 0 unspecified atom stereocenters. The van der Waals surface area contributed by atoms with E-state index in [4.69, 9.17) is 18.6 Å². The summed E-state index contributed by atoms with van der Waals surface area (Å²) in [5.74, 6) is 1.60. The molecule has 228 valence electrons. The Hall–Kier alpha value is -5.65. The summed E-state index contributed by atoms with van der Waals surface area (Å²) in [4.78, 5) is 6.80. The number of pyridine rings is 1. The van der Waals surface area contributed by atoms with Crippen LogP contribution in [0.15, 0.2) is 136 Å². The molecule has 0 amide bonds. The summed E-state index contributed by atoms with van der Waals surface area (Å²) in [6.45, 7) is 0. The molecule has 0 aliphatic heterocycles. The molecule has 4 aromatic heterocycles. The van der Waals surface area contributed by atoms with Crippen molar-refractivity contribution in [1.82, 2.24) is 14.8 Å². The number of fused-ring (bicyclic) bond motifs is 6. The number of nitrogens with zero attached hydrogens (tertiary/aromatic N) is 4. The van der Waals surface area contributed by atoms with Gasteiger partial charge in [-0.15, -0.1) is 17.7 Å². The molecular formula is C39H24N4O3Pt. The van der Waals surface area contributed by atoms with Crippen molar-refractivity contribution in [2.24, 2.45) is 7.05 Å². The minimum absolute atomic E-state index is 0. The molecule has 0 N–H and O–H groups in total. The third-order valence-corrected chi connectivity index (χ3v) is 8.06. The van der Waals surface area contributed by atoms with Crippen LogP contribution in [0.1, 0.15) is 0 Å². The number of furan rings is 2. The summed E-state index contributed by atoms with van der Waals surface area (Å²) >= 11 is 0. The van der Waals surface area contributed by atoms with Crippen LogP contribution in [0.25, 0.3) is 55.1 Å². The Kier molecular flexibility index (Phi) is 7.11. The minimum atomic E-state index is 0. The van der Waals surface area contributed by atoms with Crippen molar-refractivity contribution >= 4 is 61.1 Å². The first kappa shape index (κ1) is 28.8. The molecule has 7 nitrogen and oxygen atoms in total. The van der Waals surface area contributed by atoms with Crippen LogP contribution in [0.3, 0.4) is 0 Å². The van der Waals surface area contributed by atoms with Crippen molar-refractivity contribution in [3.8, 4) is 22.8 Å². The molecule has 4 heterocycles. The molecule has 5 aromatic carbocycles. The first-order chi connectivity index (χ1) is 22.7. The Labute approximate surface area is 283 Å². The van der Waals surface area contributed by atoms with Gasteiger partial charge in [0.05, 0.1) is 11.3 Å². The van der Waals surface area contributed by atoms with E-state index in [0.717, 1.165) is 61.2 Å². The maximum atomic E-state index is 6.71. The fourth-order valence-electron chi connectivity index (χ4n) is 6.02. The summed E-state index contributed by atoms with van der Waals surface area (Å²) in [5.41, 5.74) is 6.00. The zero-order valence-corrected chi connectivity index (χ0v) is 27.2. The molecule has 0 saturated heterocycles. The average molecular weight is 792 g/mol. The number of aryl methyl sites for hydroxylation is 1. The van der Waals surface area contributed by atoms with Gasteiger partial charge in [0.15, 0.2) is 0 Å². The van der Waals surface area contributed by atoms with E-state index in [1.165, 1.54) is 0 Å². The standard InChI is InChI=1S/C39H24N4O3.Pt/c1-42-20-18-31(41-42)25-21-30-28-13-5-7-15-33(28)46-39(30)36(22-25)44-27-23-32(38-29-14-6-8-16-34(29)45-35(38)24-27)43(26-11-3-2-4-12-26)37-17-9-10-19-40-37;/h2-21,24H,1H3;/q-2;+2. The van der Waals surface area contributed by atoms with E-state index < -0.39 is 0 Å². The van der Waals surface area contributed by atoms with Gasteiger partial charge in [0, 0.05) is 47.5 Å². The molecule has 0 aliphatic carbocycles. The van der Waals surface area contributed by atoms with E-state index >= 15 is 0 Å². The van der Waals surface area contributed by atoms with Gasteiger partial charge in [-0.2, -0.15) is 0 Å². The van der Waals surface area contributed by atoms with Gasteiger partial charge in [0.2, 0.25) is 0 Å². The summed E-state index contributed by atoms with van der Waals surface area (Å²) in [6, 6.07) is 44.8. The third-order valence-electron chi connectivity index (χ3n) is 8.06. The first-order valence-corrected chi connectivity index (χ1v) is 14.9. The Morgan fingerprint density at radius 2 is 1.47 bits per heavy atom. The van der Waals surface area contributed by atoms with Gasteiger partial charge in [-0.05, 0) is 41.8 Å². The predicted octanol–water partition coefficient (Wildman–Crippen LogP) is 10.1. The summed E-state index contributed by atoms with van der Waals surface area (Å²) in [7, 11) is 1.89. The average Bonchev–Trinajstić information content (AvgIpc) is 3.81. The van der Waals surface area contributed by atoms with Crippen LogP contribution in [0.4, 0.5) is 17.2 Å². The largest absolute Gasteiger partial charge is 2.00 e. The molecule has 0 radical (unpaired) electrons. The van der Waals surface area contributed by atoms with E-state index in [2.05, 4.69) is 28.2 Å². The van der Waals surface area contributed by atoms with Gasteiger partial charge >= 0.3 is 21.1 Å². The van der Waals surface area contributed by atoms with Gasteiger partial charge in [0.1, 0.15) is 17.0 Å². The Morgan fingerprint density at radius 1 is 0.723 bits per heavy atom. The molecule has 0 saturated carbocycles. The van der Waals surface area contributed by atoms with E-state index in [0.29, 0.717) is 22.7 Å². The topological polar surface area (TPSA) is 69.5 Å². The van der Waals surface area contributed by atoms with Crippen LogP contribution < -0.4 is 9.64 Å². The van der Waals surface area contributed by atoms with Crippen molar-refractivity contribution in [3.63, 3.8) is 0 Å². The zero-order valence-electron chi connectivity index (χ0n) is 25.0. The van der Waals surface area contributed by atoms with E-state index in [9.17, 15) is 0 Å². The van der Waals surface area contributed by atoms with Crippen LogP contribution in [0.5, 0.6) is 11.5 Å². The van der Waals surface area contributed by atoms with Crippen molar-refractivity contribution in [2.75, 3.05) is 4.90 Å². The first-order valence-electron chi connectivity index (χ1n) is 14.9. The molecule has 0 bridgehead atoms. The molecule has 0 atom stereocenters. The van der Waals surface area contributed by atoms with Gasteiger partial charge < -0.3 is 18.5 Å². The Balaban J connectivity index is 0.00000324. The summed E-state index contributed by atoms with van der Waals surface area (Å²) in [6.07, 6.45) is 3.69. The molecule has 0 spiro atoms. The third kappa shape index (κ3) is 4.96. The van der Waals surface area contributed by atoms with Gasteiger partial charge in [-0.25, -0.2) is 10.1 Å². The van der Waals surface area contributed by atoms with E-state index in [1.807, 2.05) is 122 Å². The van der Waals surface area contributed by atoms with Gasteiger partial charge in [-0.3, -0.25) is 4.68 Å². The van der Waals surface area contributed by atoms with Crippen LogP contribution in [0, 0.1) is 12.1 Å². The second kappa shape index (κ2) is 11.6. The summed E-state index contributed by atoms with van der Waals surface area (Å²) in [5, 5.41) is 8.40. The normalized spacial score (nSPS) is 11.3. The van der Waals surface area contributed by atoms with Crippen LogP contribution >= 0.6 is 0 Å². The van der Waals surface area contributed by atoms with Crippen molar-refractivity contribution in [3.05, 3.63) is 140 Å². The SMILES string of the molecule is Cn1ccc(-c2[c-]c(Oc3[c-]c(N(c4ccccc4)c4ccccn4)c4c(c3)oc3ccccc34)c3oc4ccccc4c3c2)n1.[Pt+2]. The van der Waals surface area contributed by atoms with Crippen LogP contribution in [0.2, 0.25) is 0 Å². The van der Waals surface area contributed by atoms with Crippen LogP contribution in [-0.4, -0.2) is 14.8 Å². The number of aromatic nitrogens is 3. The second-order valence-corrected chi connectivity index (χ2v) is 11.0. The second-order valence-electron chi connectivity index (χ2n) is 11.0. The maximum absolute atomic E-state index is 6.71. The Morgan fingerprint density at radius 3 is 2.23 bits per heavy atom. The molecule has 8 heteroatoms. The number of hydrogen-bond acceptors (Lipinski definition) is 6. The van der Waals surface area contributed by atoms with E-state index in [1.54, 1.807) is 10.9 Å². The molecule has 9 rings (SSSR count). The predicted molar refractivity (Wildman–Crippen MR) is 180 cm³/mol. The number of ether oxygens (including phenoxy) is 1. The number of para-hydroxylation sites is 3. The molecule has 47 heavy (non-hydrogen) atoms. The van der Waals surface area contributed by atoms with E-state index in [-0.39, 0.29) is 21.1 Å². The van der Waals surface area contributed by atoms with Crippen molar-refractivity contribution < 1.29 is 34.6 Å².